The number of hydrogen-bond acceptors (Lipinski definition) is 8. The molecule has 0 saturated heterocycles. The summed E-state index contributed by atoms with van der Waals surface area (Å²) in [7, 11) is 1.52. The molecule has 0 aliphatic rings. The van der Waals surface area contributed by atoms with Crippen LogP contribution in [-0.4, -0.2) is 34.1 Å². The summed E-state index contributed by atoms with van der Waals surface area (Å²) in [5.74, 6) is 0.239. The van der Waals surface area contributed by atoms with E-state index < -0.39 is 6.03 Å². The smallest absolute Gasteiger partial charge is 0.325 e. The molecule has 0 saturated carbocycles. The number of hydrogen-bond donors (Lipinski definition) is 2. The minimum atomic E-state index is -0.474. The zero-order valence-electron chi connectivity index (χ0n) is 18.0. The molecule has 2 aromatic heterocycles. The molecule has 4 rings (SSSR count). The average Bonchev–Trinajstić information content (AvgIpc) is 3.50. The fourth-order valence-electron chi connectivity index (χ4n) is 3.20. The van der Waals surface area contributed by atoms with Gasteiger partial charge in [-0.2, -0.15) is 0 Å². The maximum Gasteiger partial charge on any atom is 0.325 e. The standard InChI is InChI=1S/C23H21N5O3S2/c1-14-7-9-18(17(11-14)21(29)16-5-3-4-6-19(16)31-2)26-22(30)27-23-24-12-15(33-23)8-10-20-28-25-13-32-20/h3-7,9,11-13H,8,10H2,1-2H3,(H2,24,26,27,30). The number of thiazole rings is 1. The number of para-hydroxylation sites is 1. The Hall–Kier alpha value is -3.63. The lowest BCUT2D eigenvalue weighted by atomic mass is 9.99. The van der Waals surface area contributed by atoms with Crippen LogP contribution in [0.2, 0.25) is 0 Å². The lowest BCUT2D eigenvalue weighted by molar-refractivity contribution is 0.103. The highest BCUT2D eigenvalue weighted by Gasteiger charge is 2.19. The lowest BCUT2D eigenvalue weighted by Crippen LogP contribution is -2.21. The summed E-state index contributed by atoms with van der Waals surface area (Å²) in [6.07, 6.45) is 3.28. The summed E-state index contributed by atoms with van der Waals surface area (Å²) in [5.41, 5.74) is 3.82. The molecular weight excluding hydrogens is 458 g/mol. The summed E-state index contributed by atoms with van der Waals surface area (Å²) >= 11 is 2.91. The summed E-state index contributed by atoms with van der Waals surface area (Å²) in [6.45, 7) is 1.89. The molecule has 2 aromatic carbocycles. The van der Waals surface area contributed by atoms with E-state index in [1.165, 1.54) is 29.8 Å². The Morgan fingerprint density at radius 3 is 2.70 bits per heavy atom. The third-order valence-electron chi connectivity index (χ3n) is 4.78. The maximum atomic E-state index is 13.2. The minimum absolute atomic E-state index is 0.236. The van der Waals surface area contributed by atoms with E-state index in [9.17, 15) is 9.59 Å². The molecule has 0 atom stereocenters. The Morgan fingerprint density at radius 1 is 1.06 bits per heavy atom. The van der Waals surface area contributed by atoms with E-state index >= 15 is 0 Å². The number of urea groups is 1. The molecule has 2 amide bonds. The zero-order valence-corrected chi connectivity index (χ0v) is 19.6. The minimum Gasteiger partial charge on any atom is -0.496 e. The number of anilines is 2. The number of nitrogens with zero attached hydrogens (tertiary/aromatic N) is 3. The first-order chi connectivity index (χ1) is 16.0. The van der Waals surface area contributed by atoms with Gasteiger partial charge in [0.1, 0.15) is 16.3 Å². The Balaban J connectivity index is 1.46. The van der Waals surface area contributed by atoms with Crippen LogP contribution in [0.25, 0.3) is 0 Å². The summed E-state index contributed by atoms with van der Waals surface area (Å²) in [6, 6.07) is 11.8. The van der Waals surface area contributed by atoms with Crippen LogP contribution in [0.1, 0.15) is 31.4 Å². The molecule has 2 heterocycles. The quantitative estimate of drug-likeness (QED) is 0.346. The molecule has 168 valence electrons. The summed E-state index contributed by atoms with van der Waals surface area (Å²) in [4.78, 5) is 31.2. The topological polar surface area (TPSA) is 106 Å². The molecule has 0 fully saturated rings. The number of carbonyl (C=O) groups excluding carboxylic acids is 2. The maximum absolute atomic E-state index is 13.2. The van der Waals surface area contributed by atoms with E-state index in [-0.39, 0.29) is 5.78 Å². The lowest BCUT2D eigenvalue weighted by Gasteiger charge is -2.13. The molecule has 10 heteroatoms. The van der Waals surface area contributed by atoms with E-state index in [2.05, 4.69) is 25.8 Å². The van der Waals surface area contributed by atoms with Crippen LogP contribution in [0.4, 0.5) is 15.6 Å². The van der Waals surface area contributed by atoms with Crippen LogP contribution < -0.4 is 15.4 Å². The number of rotatable bonds is 8. The number of ketones is 1. The van der Waals surface area contributed by atoms with Gasteiger partial charge in [0, 0.05) is 23.1 Å². The van der Waals surface area contributed by atoms with Crippen molar-refractivity contribution >= 4 is 45.3 Å². The highest BCUT2D eigenvalue weighted by Crippen LogP contribution is 2.27. The summed E-state index contributed by atoms with van der Waals surface area (Å²) in [5, 5.41) is 14.8. The number of amides is 2. The van der Waals surface area contributed by atoms with Gasteiger partial charge in [0.25, 0.3) is 0 Å². The average molecular weight is 480 g/mol. The van der Waals surface area contributed by atoms with E-state index in [0.29, 0.717) is 27.7 Å². The first kappa shape index (κ1) is 22.6. The zero-order chi connectivity index (χ0) is 23.2. The van der Waals surface area contributed by atoms with Crippen LogP contribution in [0.3, 0.4) is 0 Å². The Labute approximate surface area is 198 Å². The fraction of sp³-hybridized carbons (Fsp3) is 0.174. The second-order valence-electron chi connectivity index (χ2n) is 7.12. The number of nitrogens with one attached hydrogen (secondary N) is 2. The predicted molar refractivity (Wildman–Crippen MR) is 130 cm³/mol. The van der Waals surface area contributed by atoms with Gasteiger partial charge in [-0.15, -0.1) is 32.9 Å². The summed E-state index contributed by atoms with van der Waals surface area (Å²) < 4.78 is 5.33. The Bertz CT molecular complexity index is 1270. The highest BCUT2D eigenvalue weighted by atomic mass is 32.1. The van der Waals surface area contributed by atoms with Crippen molar-refractivity contribution in [2.24, 2.45) is 0 Å². The van der Waals surface area contributed by atoms with Crippen molar-refractivity contribution in [2.75, 3.05) is 17.7 Å². The predicted octanol–water partition coefficient (Wildman–Crippen LogP) is 4.97. The molecule has 4 aromatic rings. The van der Waals surface area contributed by atoms with Crippen molar-refractivity contribution in [3.8, 4) is 5.75 Å². The molecule has 0 aliphatic heterocycles. The SMILES string of the molecule is COc1ccccc1C(=O)c1cc(C)ccc1NC(=O)Nc1ncc(CCc2nncs2)s1. The normalized spacial score (nSPS) is 10.6. The molecule has 2 N–H and O–H groups in total. The third kappa shape index (κ3) is 5.60. The number of methoxy groups -OCH3 is 1. The molecule has 0 radical (unpaired) electrons. The van der Waals surface area contributed by atoms with Gasteiger partial charge in [0.05, 0.1) is 18.4 Å². The van der Waals surface area contributed by atoms with E-state index in [1.54, 1.807) is 48.1 Å². The van der Waals surface area contributed by atoms with Crippen LogP contribution in [0, 0.1) is 6.92 Å². The first-order valence-electron chi connectivity index (χ1n) is 10.1. The monoisotopic (exact) mass is 479 g/mol. The van der Waals surface area contributed by atoms with Gasteiger partial charge >= 0.3 is 6.03 Å². The van der Waals surface area contributed by atoms with E-state index in [0.717, 1.165) is 28.3 Å². The van der Waals surface area contributed by atoms with Crippen molar-refractivity contribution in [1.82, 2.24) is 15.2 Å². The number of aryl methyl sites for hydroxylation is 3. The van der Waals surface area contributed by atoms with Crippen molar-refractivity contribution in [3.05, 3.63) is 80.7 Å². The number of benzene rings is 2. The third-order valence-corrected chi connectivity index (χ3v) is 6.51. The molecule has 0 bridgehead atoms. The van der Waals surface area contributed by atoms with E-state index in [1.807, 2.05) is 13.0 Å². The molecular formula is C23H21N5O3S2. The Kier molecular flexibility index (Phi) is 7.06. The number of carbonyl (C=O) groups is 2. The van der Waals surface area contributed by atoms with Crippen LogP contribution in [0.15, 0.2) is 54.2 Å². The first-order valence-corrected chi connectivity index (χ1v) is 11.8. The number of aromatic nitrogens is 3. The van der Waals surface area contributed by atoms with Gasteiger partial charge in [-0.1, -0.05) is 23.8 Å². The molecule has 33 heavy (non-hydrogen) atoms. The number of ether oxygens (including phenoxy) is 1. The highest BCUT2D eigenvalue weighted by molar-refractivity contribution is 7.15. The van der Waals surface area contributed by atoms with Gasteiger partial charge in [0.2, 0.25) is 0 Å². The van der Waals surface area contributed by atoms with Crippen molar-refractivity contribution in [2.45, 2.75) is 19.8 Å². The van der Waals surface area contributed by atoms with Gasteiger partial charge < -0.3 is 10.1 Å². The second kappa shape index (κ2) is 10.3. The van der Waals surface area contributed by atoms with Crippen molar-refractivity contribution in [1.29, 1.82) is 0 Å². The largest absolute Gasteiger partial charge is 0.496 e. The van der Waals surface area contributed by atoms with Crippen LogP contribution >= 0.6 is 22.7 Å². The molecule has 0 unspecified atom stereocenters. The van der Waals surface area contributed by atoms with Gasteiger partial charge in [-0.25, -0.2) is 9.78 Å². The second-order valence-corrected chi connectivity index (χ2v) is 9.15. The van der Waals surface area contributed by atoms with E-state index in [4.69, 9.17) is 4.74 Å². The van der Waals surface area contributed by atoms with Crippen molar-refractivity contribution < 1.29 is 14.3 Å². The molecule has 8 nitrogen and oxygen atoms in total. The Morgan fingerprint density at radius 2 is 1.91 bits per heavy atom. The van der Waals surface area contributed by atoms with Crippen molar-refractivity contribution in [3.63, 3.8) is 0 Å². The fourth-order valence-corrected chi connectivity index (χ4v) is 4.54. The van der Waals surface area contributed by atoms with Gasteiger partial charge in [0.15, 0.2) is 10.9 Å². The van der Waals surface area contributed by atoms with Crippen LogP contribution in [0.5, 0.6) is 5.75 Å². The van der Waals surface area contributed by atoms with Gasteiger partial charge in [-0.05, 0) is 37.6 Å². The molecule has 0 spiro atoms. The molecule has 0 aliphatic carbocycles. The van der Waals surface area contributed by atoms with Crippen LogP contribution in [-0.2, 0) is 12.8 Å². The van der Waals surface area contributed by atoms with Gasteiger partial charge in [-0.3, -0.25) is 10.1 Å².